The summed E-state index contributed by atoms with van der Waals surface area (Å²) >= 11 is 5.32. The van der Waals surface area contributed by atoms with E-state index in [1.165, 1.54) is 56.9 Å². The van der Waals surface area contributed by atoms with E-state index in [4.69, 9.17) is 12.2 Å². The minimum atomic E-state index is 0.729. The predicted octanol–water partition coefficient (Wildman–Crippen LogP) is 5.68. The molecule has 0 aromatic heterocycles. The third kappa shape index (κ3) is 9.04. The molecule has 3 heteroatoms. The molecule has 1 rings (SSSR count). The Labute approximate surface area is 142 Å². The van der Waals surface area contributed by atoms with Crippen LogP contribution in [0, 0.1) is 0 Å². The maximum absolute atomic E-state index is 5.32. The predicted molar refractivity (Wildman–Crippen MR) is 103 cm³/mol. The Hall–Kier alpha value is -1.09. The number of hydrogen-bond acceptors (Lipinski definition) is 1. The first kappa shape index (κ1) is 19.0. The van der Waals surface area contributed by atoms with Crippen molar-refractivity contribution in [1.29, 1.82) is 0 Å². The van der Waals surface area contributed by atoms with Crippen LogP contribution in [0.5, 0.6) is 0 Å². The van der Waals surface area contributed by atoms with E-state index >= 15 is 0 Å². The number of unbranched alkanes of at least 4 members (excludes halogenated alkanes) is 7. The quantitative estimate of drug-likeness (QED) is 0.405. The van der Waals surface area contributed by atoms with Gasteiger partial charge in [0.1, 0.15) is 0 Å². The van der Waals surface area contributed by atoms with Crippen LogP contribution in [0.1, 0.15) is 70.8 Å². The Morgan fingerprint density at radius 2 is 1.45 bits per heavy atom. The van der Waals surface area contributed by atoms with Crippen LogP contribution in [0.3, 0.4) is 0 Å². The van der Waals surface area contributed by atoms with Gasteiger partial charge in [-0.1, -0.05) is 70.9 Å². The minimum Gasteiger partial charge on any atom is -0.362 e. The topological polar surface area (TPSA) is 24.1 Å². The van der Waals surface area contributed by atoms with Gasteiger partial charge in [-0.3, -0.25) is 0 Å². The maximum atomic E-state index is 5.32. The highest BCUT2D eigenvalue weighted by Gasteiger charge is 1.98. The summed E-state index contributed by atoms with van der Waals surface area (Å²) in [7, 11) is 0. The van der Waals surface area contributed by atoms with E-state index < -0.39 is 0 Å². The second-order valence-corrected chi connectivity index (χ2v) is 6.31. The van der Waals surface area contributed by atoms with Crippen LogP contribution in [0.25, 0.3) is 0 Å². The summed E-state index contributed by atoms with van der Waals surface area (Å²) in [5, 5.41) is 7.26. The van der Waals surface area contributed by atoms with E-state index in [-0.39, 0.29) is 0 Å². The van der Waals surface area contributed by atoms with Gasteiger partial charge in [0.25, 0.3) is 0 Å². The lowest BCUT2D eigenvalue weighted by molar-refractivity contribution is 0.573. The molecule has 0 radical (unpaired) electrons. The van der Waals surface area contributed by atoms with Crippen molar-refractivity contribution in [2.45, 2.75) is 71.6 Å². The molecule has 0 unspecified atom stereocenters. The first-order valence-corrected chi connectivity index (χ1v) is 9.31. The van der Waals surface area contributed by atoms with Crippen molar-refractivity contribution in [3.63, 3.8) is 0 Å². The van der Waals surface area contributed by atoms with Crippen molar-refractivity contribution in [1.82, 2.24) is 5.32 Å². The summed E-state index contributed by atoms with van der Waals surface area (Å²) in [5.41, 5.74) is 2.41. The smallest absolute Gasteiger partial charge is 0.170 e. The van der Waals surface area contributed by atoms with Gasteiger partial charge in [-0.2, -0.15) is 0 Å². The third-order valence-electron chi connectivity index (χ3n) is 3.94. The Morgan fingerprint density at radius 1 is 0.864 bits per heavy atom. The van der Waals surface area contributed by atoms with Gasteiger partial charge in [0.2, 0.25) is 0 Å². The highest BCUT2D eigenvalue weighted by Crippen LogP contribution is 2.10. The third-order valence-corrected chi connectivity index (χ3v) is 4.18. The van der Waals surface area contributed by atoms with Gasteiger partial charge in [-0.15, -0.1) is 0 Å². The first-order valence-electron chi connectivity index (χ1n) is 8.90. The van der Waals surface area contributed by atoms with Crippen molar-refractivity contribution < 1.29 is 0 Å². The zero-order valence-corrected chi connectivity index (χ0v) is 15.1. The van der Waals surface area contributed by atoms with Crippen molar-refractivity contribution >= 4 is 23.0 Å². The number of nitrogens with one attached hydrogen (secondary N) is 2. The molecule has 0 saturated heterocycles. The van der Waals surface area contributed by atoms with Gasteiger partial charge in [-0.05, 0) is 42.8 Å². The highest BCUT2D eigenvalue weighted by atomic mass is 32.1. The Bertz CT molecular complexity index is 400. The maximum Gasteiger partial charge on any atom is 0.170 e. The highest BCUT2D eigenvalue weighted by molar-refractivity contribution is 7.80. The molecular formula is C19H32N2S. The number of thiocarbonyl (C=S) groups is 1. The summed E-state index contributed by atoms with van der Waals surface area (Å²) < 4.78 is 0. The molecule has 0 aliphatic rings. The van der Waals surface area contributed by atoms with E-state index in [1.54, 1.807) is 0 Å². The van der Waals surface area contributed by atoms with Gasteiger partial charge in [0.05, 0.1) is 0 Å². The van der Waals surface area contributed by atoms with Crippen LogP contribution in [0.15, 0.2) is 24.3 Å². The molecule has 1 aromatic carbocycles. The number of rotatable bonds is 11. The zero-order chi connectivity index (χ0) is 16.0. The Balaban J connectivity index is 2.01. The molecule has 0 heterocycles. The number of aryl methyl sites for hydroxylation is 1. The van der Waals surface area contributed by atoms with E-state index in [0.29, 0.717) is 0 Å². The summed E-state index contributed by atoms with van der Waals surface area (Å²) in [4.78, 5) is 0. The molecule has 124 valence electrons. The molecule has 0 aliphatic heterocycles. The van der Waals surface area contributed by atoms with Gasteiger partial charge < -0.3 is 10.6 Å². The SMILES string of the molecule is CCCCCCCCCCNC(=S)Nc1ccc(CC)cc1. The molecule has 22 heavy (non-hydrogen) atoms. The van der Waals surface area contributed by atoms with Crippen LogP contribution < -0.4 is 10.6 Å². The summed E-state index contributed by atoms with van der Waals surface area (Å²) in [6, 6.07) is 8.46. The van der Waals surface area contributed by atoms with Crippen molar-refractivity contribution in [2.75, 3.05) is 11.9 Å². The fraction of sp³-hybridized carbons (Fsp3) is 0.632. The lowest BCUT2D eigenvalue weighted by Crippen LogP contribution is -2.29. The lowest BCUT2D eigenvalue weighted by atomic mass is 10.1. The van der Waals surface area contributed by atoms with Crippen molar-refractivity contribution in [3.8, 4) is 0 Å². The largest absolute Gasteiger partial charge is 0.362 e. The van der Waals surface area contributed by atoms with E-state index in [9.17, 15) is 0 Å². The van der Waals surface area contributed by atoms with E-state index in [0.717, 1.165) is 23.8 Å². The normalized spacial score (nSPS) is 10.5. The lowest BCUT2D eigenvalue weighted by Gasteiger charge is -2.11. The van der Waals surface area contributed by atoms with Gasteiger partial charge >= 0.3 is 0 Å². The molecule has 0 fully saturated rings. The van der Waals surface area contributed by atoms with E-state index in [1.807, 2.05) is 0 Å². The van der Waals surface area contributed by atoms with Gasteiger partial charge in [0.15, 0.2) is 5.11 Å². The van der Waals surface area contributed by atoms with Crippen molar-refractivity contribution in [3.05, 3.63) is 29.8 Å². The van der Waals surface area contributed by atoms with Crippen LogP contribution in [0.2, 0.25) is 0 Å². The number of hydrogen-bond donors (Lipinski definition) is 2. The van der Waals surface area contributed by atoms with E-state index in [2.05, 4.69) is 48.7 Å². The second-order valence-electron chi connectivity index (χ2n) is 5.91. The van der Waals surface area contributed by atoms with Gasteiger partial charge in [-0.25, -0.2) is 0 Å². The molecule has 0 atom stereocenters. The van der Waals surface area contributed by atoms with Crippen LogP contribution in [-0.2, 0) is 6.42 Å². The molecule has 0 amide bonds. The fourth-order valence-corrected chi connectivity index (χ4v) is 2.68. The average Bonchev–Trinajstić information content (AvgIpc) is 2.54. The zero-order valence-electron chi connectivity index (χ0n) is 14.3. The Morgan fingerprint density at radius 3 is 2.05 bits per heavy atom. The Kier molecular flexibility index (Phi) is 10.7. The fourth-order valence-electron chi connectivity index (χ4n) is 2.46. The first-order chi connectivity index (χ1) is 10.8. The minimum absolute atomic E-state index is 0.729. The molecule has 0 spiro atoms. The van der Waals surface area contributed by atoms with Gasteiger partial charge in [0, 0.05) is 12.2 Å². The molecule has 2 N–H and O–H groups in total. The summed E-state index contributed by atoms with van der Waals surface area (Å²) in [6.45, 7) is 5.40. The van der Waals surface area contributed by atoms with Crippen LogP contribution in [0.4, 0.5) is 5.69 Å². The number of benzene rings is 1. The molecule has 2 nitrogen and oxygen atoms in total. The molecule has 1 aromatic rings. The average molecular weight is 321 g/mol. The monoisotopic (exact) mass is 320 g/mol. The standard InChI is InChI=1S/C19H32N2S/c1-3-5-6-7-8-9-10-11-16-20-19(22)21-18-14-12-17(4-2)13-15-18/h12-15H,3-11,16H2,1-2H3,(H2,20,21,22). The van der Waals surface area contributed by atoms with Crippen LogP contribution >= 0.6 is 12.2 Å². The second kappa shape index (κ2) is 12.5. The number of anilines is 1. The van der Waals surface area contributed by atoms with Crippen molar-refractivity contribution in [2.24, 2.45) is 0 Å². The molecule has 0 aliphatic carbocycles. The molecule has 0 saturated carbocycles. The molecular weight excluding hydrogens is 288 g/mol. The summed E-state index contributed by atoms with van der Waals surface area (Å²) in [6.07, 6.45) is 11.8. The van der Waals surface area contributed by atoms with Crippen LogP contribution in [-0.4, -0.2) is 11.7 Å². The summed E-state index contributed by atoms with van der Waals surface area (Å²) in [5.74, 6) is 0. The molecule has 0 bridgehead atoms.